The molecule has 0 atom stereocenters. The van der Waals surface area contributed by atoms with Crippen LogP contribution in [0.5, 0.6) is 5.75 Å². The van der Waals surface area contributed by atoms with Crippen LogP contribution in [-0.2, 0) is 11.3 Å². The second kappa shape index (κ2) is 8.46. The highest BCUT2D eigenvalue weighted by atomic mass is 32.2. The smallest absolute Gasteiger partial charge is 0.379 e. The van der Waals surface area contributed by atoms with E-state index in [0.29, 0.717) is 21.5 Å². The van der Waals surface area contributed by atoms with Crippen LogP contribution >= 0.6 is 24.0 Å². The second-order valence-electron chi connectivity index (χ2n) is 6.19. The van der Waals surface area contributed by atoms with Crippen LogP contribution in [0.2, 0.25) is 0 Å². The lowest BCUT2D eigenvalue weighted by Gasteiger charge is -2.14. The number of carbonyl (C=O) groups is 2. The third-order valence-corrected chi connectivity index (χ3v) is 5.55. The Bertz CT molecular complexity index is 1070. The first-order chi connectivity index (χ1) is 14.1. The van der Waals surface area contributed by atoms with E-state index in [4.69, 9.17) is 21.4 Å². The molecule has 3 aromatic rings. The Hall–Kier alpha value is -3.16. The molecule has 7 heteroatoms. The van der Waals surface area contributed by atoms with Gasteiger partial charge in [-0.15, -0.1) is 0 Å². The summed E-state index contributed by atoms with van der Waals surface area (Å²) in [7, 11) is 0. The van der Waals surface area contributed by atoms with Crippen molar-refractivity contribution in [3.63, 3.8) is 0 Å². The van der Waals surface area contributed by atoms with E-state index < -0.39 is 5.97 Å². The fraction of sp³-hybridized carbons (Fsp3) is 0.0455. The Labute approximate surface area is 177 Å². The van der Waals surface area contributed by atoms with E-state index in [0.717, 1.165) is 11.1 Å². The number of ether oxygens (including phenoxy) is 1. The van der Waals surface area contributed by atoms with Gasteiger partial charge >= 0.3 is 5.97 Å². The summed E-state index contributed by atoms with van der Waals surface area (Å²) >= 11 is 6.66. The number of thiocarbonyl (C=S) groups is 1. The number of furan rings is 1. The van der Waals surface area contributed by atoms with Gasteiger partial charge in [0.1, 0.15) is 10.1 Å². The SMILES string of the molecule is O=C(Oc1ccc(/C=C2\SC(=S)N(Cc3ccccc3)C2=O)cc1)c1ccco1. The van der Waals surface area contributed by atoms with Gasteiger partial charge in [-0.25, -0.2) is 4.79 Å². The first kappa shape index (κ1) is 19.2. The number of carbonyl (C=O) groups excluding carboxylic acids is 2. The summed E-state index contributed by atoms with van der Waals surface area (Å²) in [5.74, 6) is -0.155. The largest absolute Gasteiger partial charge is 0.457 e. The summed E-state index contributed by atoms with van der Waals surface area (Å²) in [6.07, 6.45) is 3.19. The number of rotatable bonds is 5. The lowest BCUT2D eigenvalue weighted by molar-refractivity contribution is -0.122. The summed E-state index contributed by atoms with van der Waals surface area (Å²) < 4.78 is 10.8. The molecule has 1 aromatic heterocycles. The molecule has 29 heavy (non-hydrogen) atoms. The van der Waals surface area contributed by atoms with Crippen LogP contribution in [0, 0.1) is 0 Å². The van der Waals surface area contributed by atoms with Gasteiger partial charge in [0, 0.05) is 0 Å². The molecule has 0 radical (unpaired) electrons. The Morgan fingerprint density at radius 3 is 2.52 bits per heavy atom. The molecule has 1 aliphatic rings. The minimum absolute atomic E-state index is 0.114. The Kier molecular flexibility index (Phi) is 5.59. The van der Waals surface area contributed by atoms with Crippen molar-refractivity contribution in [2.24, 2.45) is 0 Å². The molecule has 0 bridgehead atoms. The van der Waals surface area contributed by atoms with Gasteiger partial charge in [0.15, 0.2) is 0 Å². The summed E-state index contributed by atoms with van der Waals surface area (Å²) in [5.41, 5.74) is 1.83. The Morgan fingerprint density at radius 2 is 1.83 bits per heavy atom. The van der Waals surface area contributed by atoms with E-state index in [1.807, 2.05) is 30.3 Å². The molecule has 5 nitrogen and oxygen atoms in total. The van der Waals surface area contributed by atoms with Crippen molar-refractivity contribution >= 4 is 46.3 Å². The fourth-order valence-electron chi connectivity index (χ4n) is 2.74. The van der Waals surface area contributed by atoms with Gasteiger partial charge < -0.3 is 9.15 Å². The van der Waals surface area contributed by atoms with E-state index in [1.54, 1.807) is 41.3 Å². The van der Waals surface area contributed by atoms with E-state index in [9.17, 15) is 9.59 Å². The van der Waals surface area contributed by atoms with Crippen LogP contribution in [0.1, 0.15) is 21.7 Å². The zero-order valence-electron chi connectivity index (χ0n) is 15.1. The predicted octanol–water partition coefficient (Wildman–Crippen LogP) is 4.90. The zero-order chi connectivity index (χ0) is 20.2. The normalized spacial score (nSPS) is 15.2. The number of nitrogens with zero attached hydrogens (tertiary/aromatic N) is 1. The minimum atomic E-state index is -0.565. The monoisotopic (exact) mass is 421 g/mol. The van der Waals surface area contributed by atoms with Gasteiger partial charge in [-0.05, 0) is 41.5 Å². The molecule has 0 N–H and O–H groups in total. The number of amides is 1. The van der Waals surface area contributed by atoms with Crippen molar-refractivity contribution in [2.45, 2.75) is 6.54 Å². The second-order valence-corrected chi connectivity index (χ2v) is 7.87. The Balaban J connectivity index is 1.44. The highest BCUT2D eigenvalue weighted by Crippen LogP contribution is 2.33. The van der Waals surface area contributed by atoms with Crippen molar-refractivity contribution in [1.82, 2.24) is 4.90 Å². The maximum Gasteiger partial charge on any atom is 0.379 e. The first-order valence-electron chi connectivity index (χ1n) is 8.75. The predicted molar refractivity (Wildman–Crippen MR) is 115 cm³/mol. The summed E-state index contributed by atoms with van der Waals surface area (Å²) in [6, 6.07) is 19.8. The number of thioether (sulfide) groups is 1. The van der Waals surface area contributed by atoms with Crippen molar-refractivity contribution in [3.8, 4) is 5.75 Å². The molecule has 2 aromatic carbocycles. The molecule has 2 heterocycles. The minimum Gasteiger partial charge on any atom is -0.457 e. The molecule has 1 aliphatic heterocycles. The van der Waals surface area contributed by atoms with Gasteiger partial charge in [-0.1, -0.05) is 66.4 Å². The van der Waals surface area contributed by atoms with Crippen LogP contribution in [0.3, 0.4) is 0 Å². The molecular weight excluding hydrogens is 406 g/mol. The Morgan fingerprint density at radius 1 is 1.07 bits per heavy atom. The first-order valence-corrected chi connectivity index (χ1v) is 9.98. The van der Waals surface area contributed by atoms with E-state index in [-0.39, 0.29) is 11.7 Å². The molecule has 1 fully saturated rings. The quantitative estimate of drug-likeness (QED) is 0.253. The van der Waals surface area contributed by atoms with Crippen molar-refractivity contribution < 1.29 is 18.7 Å². The number of hydrogen-bond acceptors (Lipinski definition) is 6. The van der Waals surface area contributed by atoms with Gasteiger partial charge in [0.25, 0.3) is 5.91 Å². The van der Waals surface area contributed by atoms with Gasteiger partial charge in [0.05, 0.1) is 17.7 Å². The third-order valence-electron chi connectivity index (χ3n) is 4.17. The molecule has 0 spiro atoms. The van der Waals surface area contributed by atoms with Crippen molar-refractivity contribution in [3.05, 3.63) is 94.8 Å². The molecule has 0 saturated carbocycles. The summed E-state index contributed by atoms with van der Waals surface area (Å²) in [4.78, 5) is 26.8. The maximum absolute atomic E-state index is 12.7. The maximum atomic E-state index is 12.7. The average Bonchev–Trinajstić information content (AvgIpc) is 3.35. The van der Waals surface area contributed by atoms with E-state index in [1.165, 1.54) is 24.1 Å². The van der Waals surface area contributed by atoms with Crippen LogP contribution in [0.4, 0.5) is 0 Å². The standard InChI is InChI=1S/C22H15NO4S2/c24-20-19(29-22(28)23(20)14-16-5-2-1-3-6-16)13-15-8-10-17(11-9-15)27-21(25)18-7-4-12-26-18/h1-13H,14H2/b19-13-. The van der Waals surface area contributed by atoms with Crippen LogP contribution in [0.15, 0.2) is 82.3 Å². The average molecular weight is 421 g/mol. The lowest BCUT2D eigenvalue weighted by Crippen LogP contribution is -2.27. The molecule has 4 rings (SSSR count). The fourth-order valence-corrected chi connectivity index (χ4v) is 3.99. The van der Waals surface area contributed by atoms with Gasteiger partial charge in [-0.2, -0.15) is 0 Å². The lowest BCUT2D eigenvalue weighted by atomic mass is 10.2. The molecule has 1 amide bonds. The third kappa shape index (κ3) is 4.47. The summed E-state index contributed by atoms with van der Waals surface area (Å²) in [5, 5.41) is 0. The number of benzene rings is 2. The molecule has 1 saturated heterocycles. The van der Waals surface area contributed by atoms with Crippen LogP contribution in [0.25, 0.3) is 6.08 Å². The van der Waals surface area contributed by atoms with E-state index in [2.05, 4.69) is 0 Å². The highest BCUT2D eigenvalue weighted by molar-refractivity contribution is 8.26. The van der Waals surface area contributed by atoms with Crippen LogP contribution in [-0.4, -0.2) is 21.1 Å². The van der Waals surface area contributed by atoms with Crippen molar-refractivity contribution in [2.75, 3.05) is 0 Å². The van der Waals surface area contributed by atoms with Gasteiger partial charge in [-0.3, -0.25) is 9.69 Å². The van der Waals surface area contributed by atoms with Gasteiger partial charge in [0.2, 0.25) is 5.76 Å². The molecule has 144 valence electrons. The molecular formula is C22H15NO4S2. The van der Waals surface area contributed by atoms with Crippen LogP contribution < -0.4 is 4.74 Å². The number of hydrogen-bond donors (Lipinski definition) is 0. The zero-order valence-corrected chi connectivity index (χ0v) is 16.7. The molecule has 0 aliphatic carbocycles. The van der Waals surface area contributed by atoms with E-state index >= 15 is 0 Å². The topological polar surface area (TPSA) is 59.8 Å². The highest BCUT2D eigenvalue weighted by Gasteiger charge is 2.31. The van der Waals surface area contributed by atoms with Crippen molar-refractivity contribution in [1.29, 1.82) is 0 Å². The molecule has 0 unspecified atom stereocenters. The number of esters is 1. The summed E-state index contributed by atoms with van der Waals surface area (Å²) in [6.45, 7) is 0.449.